The summed E-state index contributed by atoms with van der Waals surface area (Å²) in [5.74, 6) is 0.861. The highest BCUT2D eigenvalue weighted by Gasteiger charge is 2.23. The van der Waals surface area contributed by atoms with Crippen LogP contribution >= 0.6 is 11.6 Å². The molecule has 2 aromatic heterocycles. The molecule has 0 spiro atoms. The van der Waals surface area contributed by atoms with E-state index in [0.29, 0.717) is 35.4 Å². The van der Waals surface area contributed by atoms with Crippen LogP contribution in [0.5, 0.6) is 0 Å². The van der Waals surface area contributed by atoms with E-state index in [1.807, 2.05) is 0 Å². The molecule has 3 heterocycles. The Hall–Kier alpha value is -1.86. The Morgan fingerprint density at radius 3 is 3.19 bits per heavy atom. The molecular weight excluding hydrogens is 296 g/mol. The molecule has 1 aliphatic heterocycles. The van der Waals surface area contributed by atoms with Crippen molar-refractivity contribution >= 4 is 17.5 Å². The van der Waals surface area contributed by atoms with Crippen LogP contribution < -0.4 is 5.32 Å². The van der Waals surface area contributed by atoms with E-state index in [4.69, 9.17) is 20.9 Å². The van der Waals surface area contributed by atoms with Crippen molar-refractivity contribution in [3.8, 4) is 0 Å². The lowest BCUT2D eigenvalue weighted by molar-refractivity contribution is 0.0835. The van der Waals surface area contributed by atoms with Gasteiger partial charge in [-0.15, -0.1) is 0 Å². The average molecular weight is 311 g/mol. The van der Waals surface area contributed by atoms with Gasteiger partial charge in [-0.05, 0) is 18.9 Å². The summed E-state index contributed by atoms with van der Waals surface area (Å²) in [5, 5.41) is 7.15. The number of halogens is 1. The maximum absolute atomic E-state index is 11.8. The van der Waals surface area contributed by atoms with E-state index in [-0.39, 0.29) is 12.0 Å². The van der Waals surface area contributed by atoms with Gasteiger partial charge < -0.3 is 19.6 Å². The van der Waals surface area contributed by atoms with Crippen molar-refractivity contribution in [2.75, 3.05) is 13.2 Å². The molecule has 2 aromatic rings. The fourth-order valence-corrected chi connectivity index (χ4v) is 2.32. The first-order valence-corrected chi connectivity index (χ1v) is 7.16. The Kier molecular flexibility index (Phi) is 4.21. The summed E-state index contributed by atoms with van der Waals surface area (Å²) in [6.07, 6.45) is 3.89. The Labute approximate surface area is 126 Å². The maximum Gasteiger partial charge on any atom is 0.267 e. The smallest absolute Gasteiger partial charge is 0.267 e. The number of ether oxygens (including phenoxy) is 1. The molecule has 0 bridgehead atoms. The predicted octanol–water partition coefficient (Wildman–Crippen LogP) is 1.88. The summed E-state index contributed by atoms with van der Waals surface area (Å²) >= 11 is 5.74. The van der Waals surface area contributed by atoms with E-state index >= 15 is 0 Å². The average Bonchev–Trinajstić information content (AvgIpc) is 3.19. The minimum Gasteiger partial charge on any atom is -0.368 e. The van der Waals surface area contributed by atoms with Gasteiger partial charge in [0.05, 0.1) is 5.02 Å². The Morgan fingerprint density at radius 2 is 2.48 bits per heavy atom. The molecule has 7 nitrogen and oxygen atoms in total. The molecule has 1 amide bonds. The van der Waals surface area contributed by atoms with Crippen LogP contribution in [0.25, 0.3) is 0 Å². The van der Waals surface area contributed by atoms with Crippen molar-refractivity contribution in [3.63, 3.8) is 0 Å². The number of amides is 1. The fourth-order valence-electron chi connectivity index (χ4n) is 2.15. The first kappa shape index (κ1) is 14.1. The third-order valence-electron chi connectivity index (χ3n) is 3.22. The molecule has 1 atom stereocenters. The lowest BCUT2D eigenvalue weighted by Crippen LogP contribution is -2.26. The van der Waals surface area contributed by atoms with Crippen molar-refractivity contribution in [2.24, 2.45) is 0 Å². The van der Waals surface area contributed by atoms with E-state index in [9.17, 15) is 4.79 Å². The molecule has 0 aromatic carbocycles. The predicted molar refractivity (Wildman–Crippen MR) is 74.1 cm³/mol. The van der Waals surface area contributed by atoms with E-state index in [0.717, 1.165) is 19.4 Å². The number of nitrogens with one attached hydrogen (secondary N) is 2. The summed E-state index contributed by atoms with van der Waals surface area (Å²) in [6, 6.07) is 1.57. The number of carbonyl (C=O) groups excluding carboxylic acids is 1. The van der Waals surface area contributed by atoms with Gasteiger partial charge in [-0.3, -0.25) is 4.79 Å². The molecular formula is C13H15ClN4O3. The number of hydrogen-bond acceptors (Lipinski definition) is 5. The van der Waals surface area contributed by atoms with Gasteiger partial charge in [0.25, 0.3) is 11.8 Å². The molecule has 1 saturated heterocycles. The first-order chi connectivity index (χ1) is 10.2. The topological polar surface area (TPSA) is 93.0 Å². The highest BCUT2D eigenvalue weighted by Crippen LogP contribution is 2.26. The quantitative estimate of drug-likeness (QED) is 0.879. The molecule has 1 fully saturated rings. The number of nitrogens with zero attached hydrogens (tertiary/aromatic N) is 2. The third-order valence-corrected chi connectivity index (χ3v) is 3.43. The van der Waals surface area contributed by atoms with Gasteiger partial charge in [-0.25, -0.2) is 0 Å². The zero-order valence-electron chi connectivity index (χ0n) is 11.3. The number of H-pyrrole nitrogens is 1. The number of aromatic nitrogens is 3. The van der Waals surface area contributed by atoms with E-state index in [1.165, 1.54) is 0 Å². The SMILES string of the molecule is O=C(NCCc1noc([C@H]2CCCO2)n1)c1cc(Cl)c[nH]1. The van der Waals surface area contributed by atoms with Crippen LogP contribution in [0.4, 0.5) is 0 Å². The van der Waals surface area contributed by atoms with Gasteiger partial charge in [0, 0.05) is 25.8 Å². The van der Waals surface area contributed by atoms with Crippen LogP contribution in [0.3, 0.4) is 0 Å². The van der Waals surface area contributed by atoms with Crippen LogP contribution in [-0.4, -0.2) is 34.2 Å². The van der Waals surface area contributed by atoms with Gasteiger partial charge in [0.1, 0.15) is 11.8 Å². The molecule has 3 rings (SSSR count). The van der Waals surface area contributed by atoms with E-state index in [2.05, 4.69) is 20.4 Å². The molecule has 112 valence electrons. The van der Waals surface area contributed by atoms with E-state index in [1.54, 1.807) is 12.3 Å². The molecule has 1 aliphatic rings. The summed E-state index contributed by atoms with van der Waals surface area (Å²) < 4.78 is 10.6. The molecule has 0 unspecified atom stereocenters. The summed E-state index contributed by atoms with van der Waals surface area (Å²) in [7, 11) is 0. The van der Waals surface area contributed by atoms with Crippen molar-refractivity contribution in [3.05, 3.63) is 34.7 Å². The Balaban J connectivity index is 1.48. The van der Waals surface area contributed by atoms with Crippen molar-refractivity contribution in [2.45, 2.75) is 25.4 Å². The van der Waals surface area contributed by atoms with Gasteiger partial charge in [0.2, 0.25) is 0 Å². The fraction of sp³-hybridized carbons (Fsp3) is 0.462. The summed E-state index contributed by atoms with van der Waals surface area (Å²) in [6.45, 7) is 1.15. The number of aromatic amines is 1. The maximum atomic E-state index is 11.8. The minimum atomic E-state index is -0.218. The van der Waals surface area contributed by atoms with Crippen molar-refractivity contribution in [1.29, 1.82) is 0 Å². The monoisotopic (exact) mass is 310 g/mol. The van der Waals surface area contributed by atoms with Crippen LogP contribution in [0.2, 0.25) is 5.02 Å². The minimum absolute atomic E-state index is 0.0816. The summed E-state index contributed by atoms with van der Waals surface area (Å²) in [5.41, 5.74) is 0.424. The third kappa shape index (κ3) is 3.43. The molecule has 21 heavy (non-hydrogen) atoms. The van der Waals surface area contributed by atoms with Crippen LogP contribution in [0.1, 0.15) is 41.1 Å². The molecule has 2 N–H and O–H groups in total. The highest BCUT2D eigenvalue weighted by atomic mass is 35.5. The Bertz CT molecular complexity index is 618. The molecule has 0 saturated carbocycles. The Morgan fingerprint density at radius 1 is 1.57 bits per heavy atom. The second-order valence-corrected chi connectivity index (χ2v) is 5.22. The van der Waals surface area contributed by atoms with Gasteiger partial charge in [-0.1, -0.05) is 16.8 Å². The molecule has 0 aliphatic carbocycles. The van der Waals surface area contributed by atoms with Gasteiger partial charge in [0.15, 0.2) is 5.82 Å². The summed E-state index contributed by atoms with van der Waals surface area (Å²) in [4.78, 5) is 18.8. The van der Waals surface area contributed by atoms with Crippen LogP contribution in [0, 0.1) is 0 Å². The second-order valence-electron chi connectivity index (χ2n) is 4.79. The number of rotatable bonds is 5. The van der Waals surface area contributed by atoms with Crippen molar-refractivity contribution < 1.29 is 14.1 Å². The van der Waals surface area contributed by atoms with Crippen LogP contribution in [-0.2, 0) is 11.2 Å². The largest absolute Gasteiger partial charge is 0.368 e. The van der Waals surface area contributed by atoms with Gasteiger partial charge >= 0.3 is 0 Å². The lowest BCUT2D eigenvalue weighted by Gasteiger charge is -2.01. The normalized spacial score (nSPS) is 18.0. The molecule has 0 radical (unpaired) electrons. The number of carbonyl (C=O) groups is 1. The van der Waals surface area contributed by atoms with E-state index < -0.39 is 0 Å². The highest BCUT2D eigenvalue weighted by molar-refractivity contribution is 6.30. The number of hydrogen-bond donors (Lipinski definition) is 2. The lowest BCUT2D eigenvalue weighted by atomic mass is 10.2. The van der Waals surface area contributed by atoms with Gasteiger partial charge in [-0.2, -0.15) is 4.98 Å². The standard InChI is InChI=1S/C13H15ClN4O3/c14-8-6-9(16-7-8)12(19)15-4-3-11-17-13(21-18-11)10-2-1-5-20-10/h6-7,10,16H,1-5H2,(H,15,19)/t10-/m1/s1. The van der Waals surface area contributed by atoms with Crippen LogP contribution in [0.15, 0.2) is 16.8 Å². The zero-order chi connectivity index (χ0) is 14.7. The van der Waals surface area contributed by atoms with Crippen molar-refractivity contribution in [1.82, 2.24) is 20.4 Å². The second kappa shape index (κ2) is 6.28. The molecule has 8 heteroatoms. The zero-order valence-corrected chi connectivity index (χ0v) is 12.0. The first-order valence-electron chi connectivity index (χ1n) is 6.78.